The number of fused-ring (bicyclic) bond motifs is 4. The Kier molecular flexibility index (Phi) is 7.04. The molecule has 242 valence electrons. The molecule has 9 rings (SSSR count). The van der Waals surface area contributed by atoms with Crippen LogP contribution in [0, 0.1) is 0 Å². The molecular formula is C45H36N4S. The van der Waals surface area contributed by atoms with Crippen LogP contribution in [0.15, 0.2) is 155 Å². The molecule has 6 aromatic carbocycles. The van der Waals surface area contributed by atoms with Crippen LogP contribution in [-0.4, -0.2) is 15.0 Å². The molecule has 1 aromatic heterocycles. The fraction of sp³-hybridized carbons (Fsp3) is 0.133. The van der Waals surface area contributed by atoms with E-state index >= 15 is 0 Å². The van der Waals surface area contributed by atoms with Gasteiger partial charge in [-0.1, -0.05) is 167 Å². The first-order valence-corrected chi connectivity index (χ1v) is 18.0. The van der Waals surface area contributed by atoms with Crippen molar-refractivity contribution in [3.63, 3.8) is 0 Å². The fourth-order valence-corrected chi connectivity index (χ4v) is 9.32. The van der Waals surface area contributed by atoms with E-state index in [4.69, 9.17) is 15.0 Å². The molecule has 3 heterocycles. The van der Waals surface area contributed by atoms with Gasteiger partial charge in [-0.25, -0.2) is 15.0 Å². The summed E-state index contributed by atoms with van der Waals surface area (Å²) in [7, 11) is 0. The van der Waals surface area contributed by atoms with E-state index in [0.29, 0.717) is 17.5 Å². The van der Waals surface area contributed by atoms with Crippen molar-refractivity contribution in [2.45, 2.75) is 48.3 Å². The van der Waals surface area contributed by atoms with Crippen molar-refractivity contribution in [1.29, 1.82) is 0 Å². The normalized spacial score (nSPS) is 15.0. The standard InChI is InChI=1S/C45H36N4S/c1-44(2)32-22-11-13-26-36(32)49(37-27-14-12-23-33(37)44)38-28-16-25-35-40(38)50-39-31(21-15-24-34(39)45(35,3)4)43-47-41(29-17-7-5-8-18-29)46-42(48-43)30-19-9-6-10-20-30/h5-28H,1-4H3. The zero-order valence-corrected chi connectivity index (χ0v) is 29.4. The quantitative estimate of drug-likeness (QED) is 0.187. The highest BCUT2D eigenvalue weighted by molar-refractivity contribution is 7.99. The average molecular weight is 665 g/mol. The van der Waals surface area contributed by atoms with E-state index in [9.17, 15) is 0 Å². The number of aromatic nitrogens is 3. The van der Waals surface area contributed by atoms with Crippen LogP contribution in [0.4, 0.5) is 17.1 Å². The summed E-state index contributed by atoms with van der Waals surface area (Å²) >= 11 is 1.84. The van der Waals surface area contributed by atoms with Crippen molar-refractivity contribution in [3.8, 4) is 34.2 Å². The minimum Gasteiger partial charge on any atom is -0.309 e. The van der Waals surface area contributed by atoms with Gasteiger partial charge < -0.3 is 4.90 Å². The summed E-state index contributed by atoms with van der Waals surface area (Å²) in [5.41, 5.74) is 11.4. The largest absolute Gasteiger partial charge is 0.309 e. The van der Waals surface area contributed by atoms with Gasteiger partial charge in [0.1, 0.15) is 0 Å². The van der Waals surface area contributed by atoms with Crippen LogP contribution in [0.1, 0.15) is 49.9 Å². The van der Waals surface area contributed by atoms with Crippen molar-refractivity contribution in [3.05, 3.63) is 168 Å². The molecule has 4 nitrogen and oxygen atoms in total. The van der Waals surface area contributed by atoms with Crippen LogP contribution >= 0.6 is 11.8 Å². The predicted octanol–water partition coefficient (Wildman–Crippen LogP) is 11.8. The third kappa shape index (κ3) is 4.72. The first-order chi connectivity index (χ1) is 24.3. The van der Waals surface area contributed by atoms with E-state index in [1.54, 1.807) is 0 Å². The first-order valence-electron chi connectivity index (χ1n) is 17.1. The maximum absolute atomic E-state index is 5.15. The van der Waals surface area contributed by atoms with Crippen LogP contribution in [0.25, 0.3) is 34.2 Å². The highest BCUT2D eigenvalue weighted by Gasteiger charge is 2.40. The van der Waals surface area contributed by atoms with Crippen molar-refractivity contribution in [1.82, 2.24) is 15.0 Å². The third-order valence-electron chi connectivity index (χ3n) is 10.4. The average Bonchev–Trinajstić information content (AvgIpc) is 3.16. The van der Waals surface area contributed by atoms with E-state index in [-0.39, 0.29) is 10.8 Å². The summed E-state index contributed by atoms with van der Waals surface area (Å²) < 4.78 is 0. The summed E-state index contributed by atoms with van der Waals surface area (Å²) in [4.78, 5) is 20.2. The molecule has 50 heavy (non-hydrogen) atoms. The number of anilines is 3. The lowest BCUT2D eigenvalue weighted by Crippen LogP contribution is -2.31. The molecule has 5 heteroatoms. The molecular weight excluding hydrogens is 629 g/mol. The first kappa shape index (κ1) is 30.5. The molecule has 2 aliphatic rings. The number of para-hydroxylation sites is 2. The molecule has 0 unspecified atom stereocenters. The van der Waals surface area contributed by atoms with Gasteiger partial charge in [-0.2, -0.15) is 0 Å². The van der Waals surface area contributed by atoms with Crippen molar-refractivity contribution in [2.24, 2.45) is 0 Å². The molecule has 0 aliphatic carbocycles. The second kappa shape index (κ2) is 11.5. The molecule has 0 N–H and O–H groups in total. The molecule has 0 amide bonds. The minimum atomic E-state index is -0.270. The number of hydrogen-bond donors (Lipinski definition) is 0. The van der Waals surface area contributed by atoms with Gasteiger partial charge >= 0.3 is 0 Å². The van der Waals surface area contributed by atoms with Crippen LogP contribution in [0.5, 0.6) is 0 Å². The lowest BCUT2D eigenvalue weighted by molar-refractivity contribution is 0.606. The maximum Gasteiger partial charge on any atom is 0.165 e. The molecule has 0 fully saturated rings. The summed E-state index contributed by atoms with van der Waals surface area (Å²) in [6.45, 7) is 9.37. The SMILES string of the molecule is CC1(C)c2ccccc2N(c2cccc3c2Sc2c(-c4nc(-c5ccccc5)nc(-c5ccccc5)n4)cccc2C3(C)C)c2ccccc21. The second-order valence-electron chi connectivity index (χ2n) is 14.1. The van der Waals surface area contributed by atoms with Gasteiger partial charge in [-0.05, 0) is 40.5 Å². The zero-order chi connectivity index (χ0) is 34.0. The van der Waals surface area contributed by atoms with Gasteiger partial charge in [0.15, 0.2) is 17.5 Å². The van der Waals surface area contributed by atoms with E-state index in [1.165, 1.54) is 49.1 Å². The van der Waals surface area contributed by atoms with Crippen LogP contribution in [-0.2, 0) is 10.8 Å². The van der Waals surface area contributed by atoms with Gasteiger partial charge in [0.25, 0.3) is 0 Å². The van der Waals surface area contributed by atoms with E-state index in [1.807, 2.05) is 48.2 Å². The van der Waals surface area contributed by atoms with E-state index in [2.05, 4.69) is 142 Å². The van der Waals surface area contributed by atoms with Crippen LogP contribution < -0.4 is 4.90 Å². The number of hydrogen-bond acceptors (Lipinski definition) is 5. The van der Waals surface area contributed by atoms with Gasteiger partial charge in [0.2, 0.25) is 0 Å². The predicted molar refractivity (Wildman–Crippen MR) is 206 cm³/mol. The topological polar surface area (TPSA) is 41.9 Å². The molecule has 2 aliphatic heterocycles. The van der Waals surface area contributed by atoms with Gasteiger partial charge in [0, 0.05) is 37.3 Å². The minimum absolute atomic E-state index is 0.129. The Morgan fingerprint density at radius 2 is 0.820 bits per heavy atom. The van der Waals surface area contributed by atoms with Crippen molar-refractivity contribution >= 4 is 28.8 Å². The monoisotopic (exact) mass is 664 g/mol. The maximum atomic E-state index is 5.15. The van der Waals surface area contributed by atoms with Gasteiger partial charge in [-0.3, -0.25) is 0 Å². The molecule has 0 atom stereocenters. The Morgan fingerprint density at radius 1 is 0.400 bits per heavy atom. The Morgan fingerprint density at radius 3 is 1.40 bits per heavy atom. The lowest BCUT2D eigenvalue weighted by atomic mass is 9.73. The van der Waals surface area contributed by atoms with Gasteiger partial charge in [-0.15, -0.1) is 0 Å². The Labute approximate surface area is 297 Å². The smallest absolute Gasteiger partial charge is 0.165 e. The van der Waals surface area contributed by atoms with E-state index in [0.717, 1.165) is 16.7 Å². The highest BCUT2D eigenvalue weighted by atomic mass is 32.2. The fourth-order valence-electron chi connectivity index (χ4n) is 7.72. The third-order valence-corrected chi connectivity index (χ3v) is 11.7. The lowest BCUT2D eigenvalue weighted by Gasteiger charge is -2.44. The Balaban J connectivity index is 1.26. The molecule has 0 radical (unpaired) electrons. The van der Waals surface area contributed by atoms with Gasteiger partial charge in [0.05, 0.1) is 17.1 Å². The van der Waals surface area contributed by atoms with Crippen molar-refractivity contribution < 1.29 is 0 Å². The zero-order valence-electron chi connectivity index (χ0n) is 28.6. The number of rotatable bonds is 4. The van der Waals surface area contributed by atoms with Crippen molar-refractivity contribution in [2.75, 3.05) is 4.90 Å². The highest BCUT2D eigenvalue weighted by Crippen LogP contribution is 2.58. The molecule has 0 saturated carbocycles. The van der Waals surface area contributed by atoms with E-state index < -0.39 is 0 Å². The van der Waals surface area contributed by atoms with Crippen LogP contribution in [0.3, 0.4) is 0 Å². The molecule has 0 bridgehead atoms. The van der Waals surface area contributed by atoms with Crippen LogP contribution in [0.2, 0.25) is 0 Å². The molecule has 0 saturated heterocycles. The summed E-state index contributed by atoms with van der Waals surface area (Å²) in [5.74, 6) is 2.00. The second-order valence-corrected chi connectivity index (χ2v) is 15.1. The summed E-state index contributed by atoms with van der Waals surface area (Å²) in [5, 5.41) is 0. The Hall–Kier alpha value is -5.52. The number of nitrogens with zero attached hydrogens (tertiary/aromatic N) is 4. The summed E-state index contributed by atoms with van der Waals surface area (Å²) in [6, 6.07) is 51.5. The number of benzene rings is 6. The Bertz CT molecular complexity index is 2310. The molecule has 7 aromatic rings. The molecule has 0 spiro atoms. The summed E-state index contributed by atoms with van der Waals surface area (Å²) in [6.07, 6.45) is 0.